The quantitative estimate of drug-likeness (QED) is 0.562. The second-order valence-corrected chi connectivity index (χ2v) is 7.78. The summed E-state index contributed by atoms with van der Waals surface area (Å²) >= 11 is 0. The van der Waals surface area contributed by atoms with Crippen LogP contribution < -0.4 is 4.90 Å². The molecular formula is C20H23N3O5. The standard InChI is InChI=1S/C20H23N3O5/c1-11-6-8-13(9-7-11)22-17(25)14-15(19(27)28-5)21-23(16(14)18(22)26)20(3,4)10-12(2)24/h6-9,14,16H,10H2,1-5H3/t14-,16+/m1/s1. The third-order valence-corrected chi connectivity index (χ3v) is 5.04. The van der Waals surface area contributed by atoms with Crippen molar-refractivity contribution in [2.45, 2.75) is 45.7 Å². The summed E-state index contributed by atoms with van der Waals surface area (Å²) < 4.78 is 4.78. The van der Waals surface area contributed by atoms with Crippen LogP contribution in [0.25, 0.3) is 0 Å². The van der Waals surface area contributed by atoms with Crippen LogP contribution >= 0.6 is 0 Å². The minimum Gasteiger partial charge on any atom is -0.464 e. The van der Waals surface area contributed by atoms with E-state index in [0.717, 1.165) is 10.5 Å². The molecule has 0 radical (unpaired) electrons. The highest BCUT2D eigenvalue weighted by Crippen LogP contribution is 2.39. The second-order valence-electron chi connectivity index (χ2n) is 7.78. The van der Waals surface area contributed by atoms with Gasteiger partial charge >= 0.3 is 5.97 Å². The van der Waals surface area contributed by atoms with Gasteiger partial charge in [0.15, 0.2) is 5.71 Å². The maximum atomic E-state index is 13.2. The molecule has 3 rings (SSSR count). The van der Waals surface area contributed by atoms with E-state index in [9.17, 15) is 19.2 Å². The highest BCUT2D eigenvalue weighted by molar-refractivity contribution is 6.46. The van der Waals surface area contributed by atoms with Gasteiger partial charge in [0.2, 0.25) is 5.91 Å². The molecule has 2 aliphatic rings. The number of hydrogen-bond acceptors (Lipinski definition) is 7. The third-order valence-electron chi connectivity index (χ3n) is 5.04. The van der Waals surface area contributed by atoms with Gasteiger partial charge in [-0.25, -0.2) is 9.69 Å². The molecule has 2 atom stereocenters. The lowest BCUT2D eigenvalue weighted by molar-refractivity contribution is -0.133. The molecule has 1 aromatic rings. The first-order chi connectivity index (χ1) is 13.1. The molecule has 0 aliphatic carbocycles. The first-order valence-corrected chi connectivity index (χ1v) is 8.98. The lowest BCUT2D eigenvalue weighted by atomic mass is 9.92. The first-order valence-electron chi connectivity index (χ1n) is 8.98. The maximum Gasteiger partial charge on any atom is 0.355 e. The Balaban J connectivity index is 2.07. The van der Waals surface area contributed by atoms with Gasteiger partial charge in [-0.15, -0.1) is 0 Å². The Kier molecular flexibility index (Phi) is 4.82. The van der Waals surface area contributed by atoms with Crippen molar-refractivity contribution in [3.05, 3.63) is 29.8 Å². The fraction of sp³-hybridized carbons (Fsp3) is 0.450. The summed E-state index contributed by atoms with van der Waals surface area (Å²) in [6, 6.07) is 5.99. The zero-order valence-corrected chi connectivity index (χ0v) is 16.6. The number of amides is 2. The second kappa shape index (κ2) is 6.85. The lowest BCUT2D eigenvalue weighted by Gasteiger charge is -2.36. The average molecular weight is 385 g/mol. The number of anilines is 1. The number of ether oxygens (including phenoxy) is 1. The van der Waals surface area contributed by atoms with Crippen LogP contribution in [0, 0.1) is 12.8 Å². The van der Waals surface area contributed by atoms with E-state index in [2.05, 4.69) is 5.10 Å². The van der Waals surface area contributed by atoms with Crippen molar-refractivity contribution in [2.24, 2.45) is 11.0 Å². The molecule has 0 unspecified atom stereocenters. The Bertz CT molecular complexity index is 888. The van der Waals surface area contributed by atoms with Crippen LogP contribution in [0.5, 0.6) is 0 Å². The number of benzene rings is 1. The van der Waals surface area contributed by atoms with E-state index >= 15 is 0 Å². The van der Waals surface area contributed by atoms with E-state index in [1.165, 1.54) is 19.0 Å². The number of carbonyl (C=O) groups excluding carboxylic acids is 4. The number of carbonyl (C=O) groups is 4. The molecule has 2 aliphatic heterocycles. The van der Waals surface area contributed by atoms with Crippen LogP contribution in [0.3, 0.4) is 0 Å². The van der Waals surface area contributed by atoms with Gasteiger partial charge in [-0.2, -0.15) is 5.10 Å². The summed E-state index contributed by atoms with van der Waals surface area (Å²) in [5, 5.41) is 5.68. The summed E-state index contributed by atoms with van der Waals surface area (Å²) in [4.78, 5) is 51.4. The fourth-order valence-corrected chi connectivity index (χ4v) is 3.83. The Hall–Kier alpha value is -3.03. The van der Waals surface area contributed by atoms with Crippen molar-refractivity contribution in [3.8, 4) is 0 Å². The van der Waals surface area contributed by atoms with Crippen molar-refractivity contribution in [1.29, 1.82) is 0 Å². The Morgan fingerprint density at radius 2 is 1.75 bits per heavy atom. The van der Waals surface area contributed by atoms with E-state index in [1.54, 1.807) is 38.1 Å². The van der Waals surface area contributed by atoms with Crippen LogP contribution in [0.2, 0.25) is 0 Å². The number of Topliss-reactive ketones (excluding diaryl/α,β-unsaturated/α-hetero) is 1. The number of methoxy groups -OCH3 is 1. The van der Waals surface area contributed by atoms with E-state index < -0.39 is 35.3 Å². The summed E-state index contributed by atoms with van der Waals surface area (Å²) in [6.45, 7) is 6.85. The van der Waals surface area contributed by atoms with Gasteiger partial charge in [-0.05, 0) is 39.8 Å². The highest BCUT2D eigenvalue weighted by atomic mass is 16.5. The predicted molar refractivity (Wildman–Crippen MR) is 102 cm³/mol. The molecule has 0 spiro atoms. The van der Waals surface area contributed by atoms with Crippen molar-refractivity contribution in [3.63, 3.8) is 0 Å². The Morgan fingerprint density at radius 3 is 2.29 bits per heavy atom. The molecule has 28 heavy (non-hydrogen) atoms. The van der Waals surface area contributed by atoms with Gasteiger partial charge in [0.1, 0.15) is 17.7 Å². The minimum absolute atomic E-state index is 0.0876. The van der Waals surface area contributed by atoms with Crippen LogP contribution in [-0.2, 0) is 23.9 Å². The van der Waals surface area contributed by atoms with Crippen LogP contribution in [0.1, 0.15) is 32.8 Å². The number of hydrazone groups is 1. The minimum atomic E-state index is -1.06. The van der Waals surface area contributed by atoms with E-state index in [0.29, 0.717) is 5.69 Å². The van der Waals surface area contributed by atoms with Crippen LogP contribution in [0.15, 0.2) is 29.4 Å². The first kappa shape index (κ1) is 19.7. The van der Waals surface area contributed by atoms with Crippen molar-refractivity contribution >= 4 is 35.0 Å². The van der Waals surface area contributed by atoms with Gasteiger partial charge in [-0.1, -0.05) is 17.7 Å². The summed E-state index contributed by atoms with van der Waals surface area (Å²) in [6.07, 6.45) is 0.111. The van der Waals surface area contributed by atoms with Crippen LogP contribution in [0.4, 0.5) is 5.69 Å². The zero-order chi connectivity index (χ0) is 20.8. The van der Waals surface area contributed by atoms with E-state index in [1.807, 2.05) is 6.92 Å². The Labute approximate surface area is 163 Å². The largest absolute Gasteiger partial charge is 0.464 e. The van der Waals surface area contributed by atoms with Gasteiger partial charge in [0, 0.05) is 6.42 Å². The molecule has 8 heteroatoms. The number of hydrogen-bond donors (Lipinski definition) is 0. The molecule has 1 aromatic carbocycles. The molecule has 148 valence electrons. The summed E-state index contributed by atoms with van der Waals surface area (Å²) in [7, 11) is 1.20. The van der Waals surface area contributed by atoms with E-state index in [-0.39, 0.29) is 17.9 Å². The number of fused-ring (bicyclic) bond motifs is 1. The molecule has 0 aromatic heterocycles. The molecule has 2 heterocycles. The van der Waals surface area contributed by atoms with Gasteiger partial charge in [0.05, 0.1) is 18.3 Å². The number of esters is 1. The maximum absolute atomic E-state index is 13.2. The Morgan fingerprint density at radius 1 is 1.14 bits per heavy atom. The molecule has 0 bridgehead atoms. The topological polar surface area (TPSA) is 96.3 Å². The van der Waals surface area contributed by atoms with Crippen molar-refractivity contribution < 1.29 is 23.9 Å². The fourth-order valence-electron chi connectivity index (χ4n) is 3.83. The third kappa shape index (κ3) is 3.08. The molecular weight excluding hydrogens is 362 g/mol. The SMILES string of the molecule is COC(=O)C1=NN(C(C)(C)CC(C)=O)[C@@H]2C(=O)N(c3ccc(C)cc3)C(=O)[C@H]12. The number of aryl methyl sites for hydroxylation is 1. The number of imide groups is 1. The lowest BCUT2D eigenvalue weighted by Crippen LogP contribution is -2.50. The molecule has 8 nitrogen and oxygen atoms in total. The normalized spacial score (nSPS) is 21.7. The molecule has 1 fully saturated rings. The molecule has 1 saturated heterocycles. The number of nitrogens with zero attached hydrogens (tertiary/aromatic N) is 3. The number of rotatable bonds is 5. The van der Waals surface area contributed by atoms with E-state index in [4.69, 9.17) is 4.74 Å². The van der Waals surface area contributed by atoms with Crippen molar-refractivity contribution in [1.82, 2.24) is 5.01 Å². The molecule has 0 N–H and O–H groups in total. The van der Waals surface area contributed by atoms with Gasteiger partial charge in [0.25, 0.3) is 5.91 Å². The zero-order valence-electron chi connectivity index (χ0n) is 16.6. The average Bonchev–Trinajstić information content (AvgIpc) is 3.13. The molecule has 2 amide bonds. The van der Waals surface area contributed by atoms with Gasteiger partial charge < -0.3 is 4.74 Å². The smallest absolute Gasteiger partial charge is 0.355 e. The predicted octanol–water partition coefficient (Wildman–Crippen LogP) is 1.46. The van der Waals surface area contributed by atoms with Crippen molar-refractivity contribution in [2.75, 3.05) is 12.0 Å². The number of ketones is 1. The van der Waals surface area contributed by atoms with Crippen LogP contribution in [-0.4, -0.2) is 53.0 Å². The summed E-state index contributed by atoms with van der Waals surface area (Å²) in [5.74, 6) is -2.91. The molecule has 0 saturated carbocycles. The summed E-state index contributed by atoms with van der Waals surface area (Å²) in [5.41, 5.74) is 0.453. The monoisotopic (exact) mass is 385 g/mol. The van der Waals surface area contributed by atoms with Gasteiger partial charge in [-0.3, -0.25) is 19.4 Å². The highest BCUT2D eigenvalue weighted by Gasteiger charge is 2.60.